The average Bonchev–Trinajstić information content (AvgIpc) is 2.77. The van der Waals surface area contributed by atoms with E-state index in [0.29, 0.717) is 26.0 Å². The Labute approximate surface area is 136 Å². The zero-order chi connectivity index (χ0) is 16.9. The van der Waals surface area contributed by atoms with Crippen LogP contribution >= 0.6 is 0 Å². The van der Waals surface area contributed by atoms with Crippen molar-refractivity contribution in [1.82, 2.24) is 9.62 Å². The Hall–Kier alpha value is -1.48. The van der Waals surface area contributed by atoms with Crippen LogP contribution in [0, 0.1) is 0 Å². The first-order valence-corrected chi connectivity index (χ1v) is 8.97. The monoisotopic (exact) mass is 342 g/mol. The maximum Gasteiger partial charge on any atom is 0.240 e. The number of rotatable bonds is 5. The second kappa shape index (κ2) is 7.87. The highest BCUT2D eigenvalue weighted by Crippen LogP contribution is 2.12. The Bertz CT molecular complexity index is 630. The topological polar surface area (TPSA) is 95.9 Å². The van der Waals surface area contributed by atoms with Crippen molar-refractivity contribution in [1.29, 1.82) is 0 Å². The molecule has 0 aromatic heterocycles. The number of hydrogen-bond acceptors (Lipinski definition) is 5. The fourth-order valence-electron chi connectivity index (χ4n) is 2.38. The summed E-state index contributed by atoms with van der Waals surface area (Å²) in [6.45, 7) is 1.46. The Morgan fingerprint density at radius 3 is 2.74 bits per heavy atom. The van der Waals surface area contributed by atoms with Crippen molar-refractivity contribution in [2.45, 2.75) is 23.8 Å². The number of β-amino-alcohol motifs (C(OH)–C–C–N with tert-alkyl or cyclic N) is 1. The molecular weight excluding hydrogens is 320 g/mol. The molecule has 1 unspecified atom stereocenters. The lowest BCUT2D eigenvalue weighted by atomic mass is 10.1. The number of sulfonamides is 1. The third-order valence-corrected chi connectivity index (χ3v) is 5.16. The lowest BCUT2D eigenvalue weighted by molar-refractivity contribution is -0.132. The van der Waals surface area contributed by atoms with Gasteiger partial charge in [0.05, 0.1) is 24.2 Å². The molecule has 2 rings (SSSR count). The number of benzene rings is 1. The van der Waals surface area contributed by atoms with E-state index in [1.54, 1.807) is 17.0 Å². The zero-order valence-electron chi connectivity index (χ0n) is 13.1. The summed E-state index contributed by atoms with van der Waals surface area (Å²) in [5.41, 5.74) is 0.889. The first kappa shape index (κ1) is 17.9. The summed E-state index contributed by atoms with van der Waals surface area (Å²) in [5, 5.41) is 9.64. The smallest absolute Gasteiger partial charge is 0.240 e. The number of carbonyl (C=O) groups excluding carboxylic acids is 1. The summed E-state index contributed by atoms with van der Waals surface area (Å²) in [6.07, 6.45) is 0.185. The molecule has 0 aliphatic carbocycles. The summed E-state index contributed by atoms with van der Waals surface area (Å²) < 4.78 is 30.7. The third kappa shape index (κ3) is 5.00. The number of nitrogens with one attached hydrogen (secondary N) is 1. The first-order chi connectivity index (χ1) is 10.9. The number of hydrogen-bond donors (Lipinski definition) is 2. The molecule has 1 aliphatic rings. The van der Waals surface area contributed by atoms with Crippen molar-refractivity contribution in [2.24, 2.45) is 0 Å². The molecule has 1 aromatic carbocycles. The number of amides is 1. The normalized spacial score (nSPS) is 19.4. The SMILES string of the molecule is CNS(=O)(=O)c1ccc(CCC(=O)N2CCOCC(O)C2)cc1. The minimum absolute atomic E-state index is 0.0403. The van der Waals surface area contributed by atoms with Gasteiger partial charge in [-0.05, 0) is 31.2 Å². The maximum absolute atomic E-state index is 12.2. The van der Waals surface area contributed by atoms with Crippen LogP contribution in [-0.2, 0) is 26.0 Å². The van der Waals surface area contributed by atoms with E-state index in [9.17, 15) is 18.3 Å². The van der Waals surface area contributed by atoms with Gasteiger partial charge in [-0.2, -0.15) is 0 Å². The van der Waals surface area contributed by atoms with Gasteiger partial charge in [-0.25, -0.2) is 13.1 Å². The van der Waals surface area contributed by atoms with E-state index < -0.39 is 16.1 Å². The van der Waals surface area contributed by atoms with Crippen molar-refractivity contribution in [3.05, 3.63) is 29.8 Å². The molecule has 0 saturated carbocycles. The number of aliphatic hydroxyl groups is 1. The van der Waals surface area contributed by atoms with E-state index >= 15 is 0 Å². The molecule has 1 saturated heterocycles. The van der Waals surface area contributed by atoms with Gasteiger partial charge in [0.15, 0.2) is 0 Å². The molecule has 0 spiro atoms. The molecule has 1 fully saturated rings. The number of aryl methyl sites for hydroxylation is 1. The summed E-state index contributed by atoms with van der Waals surface area (Å²) in [6, 6.07) is 6.46. The van der Waals surface area contributed by atoms with Crippen molar-refractivity contribution >= 4 is 15.9 Å². The van der Waals surface area contributed by atoms with Crippen LogP contribution in [0.4, 0.5) is 0 Å². The summed E-state index contributed by atoms with van der Waals surface area (Å²) >= 11 is 0. The van der Waals surface area contributed by atoms with Crippen molar-refractivity contribution in [2.75, 3.05) is 33.4 Å². The molecule has 2 N–H and O–H groups in total. The van der Waals surface area contributed by atoms with Crippen LogP contribution in [0.5, 0.6) is 0 Å². The fraction of sp³-hybridized carbons (Fsp3) is 0.533. The Balaban J connectivity index is 1.91. The molecule has 0 bridgehead atoms. The van der Waals surface area contributed by atoms with Crippen LogP contribution in [0.3, 0.4) is 0 Å². The van der Waals surface area contributed by atoms with Crippen LogP contribution in [0.1, 0.15) is 12.0 Å². The minimum atomic E-state index is -3.44. The lowest BCUT2D eigenvalue weighted by Gasteiger charge is -2.21. The summed E-state index contributed by atoms with van der Waals surface area (Å²) in [4.78, 5) is 14.0. The molecule has 1 heterocycles. The summed E-state index contributed by atoms with van der Waals surface area (Å²) in [7, 11) is -2.08. The Morgan fingerprint density at radius 2 is 2.09 bits per heavy atom. The standard InChI is InChI=1S/C15H22N2O5S/c1-16-23(20,21)14-5-2-12(3-6-14)4-7-15(19)17-8-9-22-11-13(18)10-17/h2-3,5-6,13,16,18H,4,7-11H2,1H3. The molecule has 8 heteroatoms. The fourth-order valence-corrected chi connectivity index (χ4v) is 3.11. The highest BCUT2D eigenvalue weighted by atomic mass is 32.2. The van der Waals surface area contributed by atoms with E-state index in [2.05, 4.69) is 4.72 Å². The van der Waals surface area contributed by atoms with E-state index in [4.69, 9.17) is 4.74 Å². The van der Waals surface area contributed by atoms with E-state index in [1.807, 2.05) is 0 Å². The average molecular weight is 342 g/mol. The highest BCUT2D eigenvalue weighted by molar-refractivity contribution is 7.89. The van der Waals surface area contributed by atoms with Crippen LogP contribution in [0.15, 0.2) is 29.2 Å². The Kier molecular flexibility index (Phi) is 6.11. The molecule has 23 heavy (non-hydrogen) atoms. The van der Waals surface area contributed by atoms with Gasteiger partial charge in [0.2, 0.25) is 15.9 Å². The lowest BCUT2D eigenvalue weighted by Crippen LogP contribution is -2.37. The van der Waals surface area contributed by atoms with Gasteiger partial charge in [0, 0.05) is 19.5 Å². The second-order valence-electron chi connectivity index (χ2n) is 5.42. The highest BCUT2D eigenvalue weighted by Gasteiger charge is 2.20. The molecule has 7 nitrogen and oxygen atoms in total. The molecule has 1 amide bonds. The molecule has 0 radical (unpaired) electrons. The molecular formula is C15H22N2O5S. The van der Waals surface area contributed by atoms with Gasteiger partial charge in [-0.3, -0.25) is 4.79 Å². The molecule has 1 atom stereocenters. The number of carbonyl (C=O) groups is 1. The van der Waals surface area contributed by atoms with Crippen LogP contribution in [0.2, 0.25) is 0 Å². The van der Waals surface area contributed by atoms with E-state index in [0.717, 1.165) is 5.56 Å². The zero-order valence-corrected chi connectivity index (χ0v) is 13.9. The first-order valence-electron chi connectivity index (χ1n) is 7.48. The van der Waals surface area contributed by atoms with Crippen molar-refractivity contribution in [3.8, 4) is 0 Å². The van der Waals surface area contributed by atoms with E-state index in [-0.39, 0.29) is 24.0 Å². The van der Waals surface area contributed by atoms with E-state index in [1.165, 1.54) is 19.2 Å². The van der Waals surface area contributed by atoms with Crippen molar-refractivity contribution in [3.63, 3.8) is 0 Å². The number of ether oxygens (including phenoxy) is 1. The van der Waals surface area contributed by atoms with Gasteiger partial charge >= 0.3 is 0 Å². The Morgan fingerprint density at radius 1 is 1.39 bits per heavy atom. The van der Waals surface area contributed by atoms with Crippen LogP contribution in [0.25, 0.3) is 0 Å². The third-order valence-electron chi connectivity index (χ3n) is 3.73. The summed E-state index contributed by atoms with van der Waals surface area (Å²) in [5.74, 6) is -0.0403. The van der Waals surface area contributed by atoms with Gasteiger partial charge < -0.3 is 14.7 Å². The van der Waals surface area contributed by atoms with Gasteiger partial charge in [-0.15, -0.1) is 0 Å². The number of nitrogens with zero attached hydrogens (tertiary/aromatic N) is 1. The predicted molar refractivity (Wildman–Crippen MR) is 84.4 cm³/mol. The second-order valence-corrected chi connectivity index (χ2v) is 7.31. The van der Waals surface area contributed by atoms with Gasteiger partial charge in [0.25, 0.3) is 0 Å². The predicted octanol–water partition coefficient (Wildman–Crippen LogP) is -0.253. The van der Waals surface area contributed by atoms with Gasteiger partial charge in [-0.1, -0.05) is 12.1 Å². The number of aliphatic hydroxyl groups excluding tert-OH is 1. The van der Waals surface area contributed by atoms with Crippen LogP contribution < -0.4 is 4.72 Å². The molecule has 1 aliphatic heterocycles. The van der Waals surface area contributed by atoms with Crippen LogP contribution in [-0.4, -0.2) is 63.8 Å². The maximum atomic E-state index is 12.2. The molecule has 1 aromatic rings. The minimum Gasteiger partial charge on any atom is -0.389 e. The molecule has 128 valence electrons. The largest absolute Gasteiger partial charge is 0.389 e. The van der Waals surface area contributed by atoms with Crippen molar-refractivity contribution < 1.29 is 23.1 Å². The quantitative estimate of drug-likeness (QED) is 0.769. The van der Waals surface area contributed by atoms with Gasteiger partial charge in [0.1, 0.15) is 0 Å².